The number of likely N-dealkylation sites (tertiary alicyclic amines) is 1. The molecule has 0 aliphatic carbocycles. The maximum Gasteiger partial charge on any atom is 0.409 e. The van der Waals surface area contributed by atoms with Gasteiger partial charge in [0, 0.05) is 31.3 Å². The number of carbonyl (C=O) groups is 1. The Morgan fingerprint density at radius 3 is 2.82 bits per heavy atom. The van der Waals surface area contributed by atoms with Crippen LogP contribution >= 0.6 is 11.6 Å². The Hall–Kier alpha value is -2.08. The van der Waals surface area contributed by atoms with Crippen molar-refractivity contribution in [2.75, 3.05) is 20.2 Å². The van der Waals surface area contributed by atoms with Gasteiger partial charge in [-0.05, 0) is 18.2 Å². The molecule has 1 saturated heterocycles. The summed E-state index contributed by atoms with van der Waals surface area (Å²) < 4.78 is 10.7. The maximum absolute atomic E-state index is 11.5. The van der Waals surface area contributed by atoms with Gasteiger partial charge in [0.15, 0.2) is 0 Å². The van der Waals surface area contributed by atoms with E-state index < -0.39 is 0 Å². The molecular formula is C15H16ClN3O3. The second kappa shape index (κ2) is 6.36. The lowest BCUT2D eigenvalue weighted by atomic mass is 10.1. The van der Waals surface area contributed by atoms with E-state index in [-0.39, 0.29) is 12.2 Å². The number of aromatic nitrogens is 2. The molecule has 0 bridgehead atoms. The highest BCUT2D eigenvalue weighted by Crippen LogP contribution is 2.26. The van der Waals surface area contributed by atoms with Crippen LogP contribution in [0.3, 0.4) is 0 Å². The van der Waals surface area contributed by atoms with E-state index in [9.17, 15) is 4.79 Å². The van der Waals surface area contributed by atoms with E-state index in [0.29, 0.717) is 18.2 Å². The zero-order chi connectivity index (χ0) is 15.5. The van der Waals surface area contributed by atoms with Crippen molar-refractivity contribution >= 4 is 28.6 Å². The van der Waals surface area contributed by atoms with Gasteiger partial charge in [0.05, 0.1) is 12.6 Å². The highest BCUT2D eigenvalue weighted by Gasteiger charge is 2.24. The molecule has 1 aliphatic rings. The molecule has 0 radical (unpaired) electrons. The van der Waals surface area contributed by atoms with Gasteiger partial charge in [-0.15, -0.1) is 0 Å². The van der Waals surface area contributed by atoms with Gasteiger partial charge in [0.25, 0.3) is 0 Å². The smallest absolute Gasteiger partial charge is 0.409 e. The van der Waals surface area contributed by atoms with Crippen LogP contribution < -0.4 is 4.74 Å². The zero-order valence-electron chi connectivity index (χ0n) is 12.2. The van der Waals surface area contributed by atoms with Crippen molar-refractivity contribution in [3.8, 4) is 5.75 Å². The standard InChI is InChI=1S/C15H16ClN3O3/c1-21-15(20)19-6-4-10(5-7-19)22-11-2-3-13-12(8-11)14(16)18-9-17-13/h2-3,8-10H,4-7H2,1H3. The molecule has 1 aromatic carbocycles. The number of fused-ring (bicyclic) bond motifs is 1. The number of benzene rings is 1. The molecule has 1 fully saturated rings. The molecule has 0 N–H and O–H groups in total. The minimum absolute atomic E-state index is 0.0711. The molecule has 1 amide bonds. The Labute approximate surface area is 133 Å². The topological polar surface area (TPSA) is 64.5 Å². The lowest BCUT2D eigenvalue weighted by Crippen LogP contribution is -2.41. The van der Waals surface area contributed by atoms with E-state index in [1.54, 1.807) is 4.90 Å². The highest BCUT2D eigenvalue weighted by molar-refractivity contribution is 6.34. The van der Waals surface area contributed by atoms with E-state index >= 15 is 0 Å². The summed E-state index contributed by atoms with van der Waals surface area (Å²) in [6, 6.07) is 5.59. The Morgan fingerprint density at radius 1 is 1.32 bits per heavy atom. The molecule has 3 rings (SSSR count). The largest absolute Gasteiger partial charge is 0.490 e. The summed E-state index contributed by atoms with van der Waals surface area (Å²) in [4.78, 5) is 21.3. The van der Waals surface area contributed by atoms with Crippen LogP contribution in [-0.2, 0) is 4.74 Å². The van der Waals surface area contributed by atoms with Gasteiger partial charge in [0.2, 0.25) is 0 Å². The van der Waals surface area contributed by atoms with Gasteiger partial charge in [-0.25, -0.2) is 14.8 Å². The number of rotatable bonds is 2. The summed E-state index contributed by atoms with van der Waals surface area (Å²) in [5, 5.41) is 1.18. The van der Waals surface area contributed by atoms with Gasteiger partial charge in [-0.3, -0.25) is 0 Å². The monoisotopic (exact) mass is 321 g/mol. The van der Waals surface area contributed by atoms with Crippen molar-refractivity contribution in [2.24, 2.45) is 0 Å². The summed E-state index contributed by atoms with van der Waals surface area (Å²) in [6.07, 6.45) is 2.77. The first-order valence-electron chi connectivity index (χ1n) is 7.07. The van der Waals surface area contributed by atoms with Crippen molar-refractivity contribution in [3.63, 3.8) is 0 Å². The third kappa shape index (κ3) is 3.06. The molecule has 1 aromatic heterocycles. The summed E-state index contributed by atoms with van der Waals surface area (Å²) in [6.45, 7) is 1.27. The van der Waals surface area contributed by atoms with Gasteiger partial charge in [-0.2, -0.15) is 0 Å². The van der Waals surface area contributed by atoms with E-state index in [2.05, 4.69) is 9.97 Å². The third-order valence-electron chi connectivity index (χ3n) is 3.74. The average molecular weight is 322 g/mol. The van der Waals surface area contributed by atoms with Crippen LogP contribution in [0.5, 0.6) is 5.75 Å². The second-order valence-corrected chi connectivity index (χ2v) is 5.48. The summed E-state index contributed by atoms with van der Waals surface area (Å²) in [7, 11) is 1.39. The molecule has 0 atom stereocenters. The van der Waals surface area contributed by atoms with Crippen molar-refractivity contribution in [1.29, 1.82) is 0 Å². The number of piperidine rings is 1. The lowest BCUT2D eigenvalue weighted by Gasteiger charge is -2.31. The number of carbonyl (C=O) groups excluding carboxylic acids is 1. The van der Waals surface area contributed by atoms with Crippen LogP contribution in [0, 0.1) is 0 Å². The van der Waals surface area contributed by atoms with Gasteiger partial charge >= 0.3 is 6.09 Å². The molecule has 0 saturated carbocycles. The third-order valence-corrected chi connectivity index (χ3v) is 4.04. The average Bonchev–Trinajstić information content (AvgIpc) is 2.55. The Kier molecular flexibility index (Phi) is 4.29. The fourth-order valence-electron chi connectivity index (χ4n) is 2.56. The molecule has 2 heterocycles. The normalized spacial score (nSPS) is 15.8. The van der Waals surface area contributed by atoms with Crippen LogP contribution in [0.4, 0.5) is 4.79 Å². The Morgan fingerprint density at radius 2 is 2.09 bits per heavy atom. The molecule has 7 heteroatoms. The number of halogens is 1. The van der Waals surface area contributed by atoms with Crippen LogP contribution in [0.15, 0.2) is 24.5 Å². The molecule has 6 nitrogen and oxygen atoms in total. The minimum Gasteiger partial charge on any atom is -0.490 e. The van der Waals surface area contributed by atoms with Crippen LogP contribution in [0.2, 0.25) is 5.15 Å². The number of hydrogen-bond donors (Lipinski definition) is 0. The summed E-state index contributed by atoms with van der Waals surface area (Å²) in [5.41, 5.74) is 0.785. The number of ether oxygens (including phenoxy) is 2. The van der Waals surface area contributed by atoms with Crippen LogP contribution in [0.25, 0.3) is 10.9 Å². The molecule has 1 aliphatic heterocycles. The SMILES string of the molecule is COC(=O)N1CCC(Oc2ccc3ncnc(Cl)c3c2)CC1. The van der Waals surface area contributed by atoms with E-state index in [1.165, 1.54) is 13.4 Å². The van der Waals surface area contributed by atoms with E-state index in [1.807, 2.05) is 18.2 Å². The molecule has 22 heavy (non-hydrogen) atoms. The first kappa shape index (κ1) is 14.8. The highest BCUT2D eigenvalue weighted by atomic mass is 35.5. The summed E-state index contributed by atoms with van der Waals surface area (Å²) in [5.74, 6) is 0.737. The quantitative estimate of drug-likeness (QED) is 0.796. The molecule has 2 aromatic rings. The molecule has 116 valence electrons. The Bertz CT molecular complexity index is 687. The zero-order valence-corrected chi connectivity index (χ0v) is 12.9. The first-order valence-corrected chi connectivity index (χ1v) is 7.45. The van der Waals surface area contributed by atoms with Crippen molar-refractivity contribution in [1.82, 2.24) is 14.9 Å². The van der Waals surface area contributed by atoms with Gasteiger partial charge in [-0.1, -0.05) is 11.6 Å². The molecule has 0 unspecified atom stereocenters. The number of hydrogen-bond acceptors (Lipinski definition) is 5. The van der Waals surface area contributed by atoms with Crippen molar-refractivity contribution < 1.29 is 14.3 Å². The predicted octanol–water partition coefficient (Wildman–Crippen LogP) is 2.89. The van der Waals surface area contributed by atoms with Crippen molar-refractivity contribution in [2.45, 2.75) is 18.9 Å². The molecule has 0 spiro atoms. The number of nitrogens with zero attached hydrogens (tertiary/aromatic N) is 3. The summed E-state index contributed by atoms with van der Waals surface area (Å²) >= 11 is 6.08. The second-order valence-electron chi connectivity index (χ2n) is 5.12. The minimum atomic E-state index is -0.284. The fourth-order valence-corrected chi connectivity index (χ4v) is 2.75. The van der Waals surface area contributed by atoms with Gasteiger partial charge in [0.1, 0.15) is 23.3 Å². The van der Waals surface area contributed by atoms with Crippen molar-refractivity contribution in [3.05, 3.63) is 29.7 Å². The first-order chi connectivity index (χ1) is 10.7. The Balaban J connectivity index is 1.67. The van der Waals surface area contributed by atoms with E-state index in [0.717, 1.165) is 29.5 Å². The lowest BCUT2D eigenvalue weighted by molar-refractivity contribution is 0.0791. The van der Waals surface area contributed by atoms with Gasteiger partial charge < -0.3 is 14.4 Å². The maximum atomic E-state index is 11.5. The fraction of sp³-hybridized carbons (Fsp3) is 0.400. The van der Waals surface area contributed by atoms with Crippen LogP contribution in [-0.4, -0.2) is 47.3 Å². The molecular weight excluding hydrogens is 306 g/mol. The number of amides is 1. The van der Waals surface area contributed by atoms with Crippen LogP contribution in [0.1, 0.15) is 12.8 Å². The van der Waals surface area contributed by atoms with E-state index in [4.69, 9.17) is 21.1 Å². The number of methoxy groups -OCH3 is 1. The predicted molar refractivity (Wildman–Crippen MR) is 82.2 cm³/mol.